The third-order valence-electron chi connectivity index (χ3n) is 3.65. The summed E-state index contributed by atoms with van der Waals surface area (Å²) in [5.41, 5.74) is 3.10. The van der Waals surface area contributed by atoms with Crippen LogP contribution in [0, 0.1) is 11.3 Å². The van der Waals surface area contributed by atoms with Crippen molar-refractivity contribution >= 4 is 16.9 Å². The van der Waals surface area contributed by atoms with E-state index < -0.39 is 0 Å². The first kappa shape index (κ1) is 12.7. The average Bonchev–Trinajstić information content (AvgIpc) is 3.22. The SMILES string of the molecule is Cn1c(C2CC2)nc2cc(CNC(=O)CC#N)ccc21. The number of nitriles is 1. The Labute approximate surface area is 117 Å². The molecule has 1 saturated carbocycles. The number of nitrogens with zero attached hydrogens (tertiary/aromatic N) is 3. The Morgan fingerprint density at radius 2 is 2.35 bits per heavy atom. The average molecular weight is 268 g/mol. The summed E-state index contributed by atoms with van der Waals surface area (Å²) in [4.78, 5) is 16.0. The van der Waals surface area contributed by atoms with E-state index in [0.29, 0.717) is 12.5 Å². The van der Waals surface area contributed by atoms with Crippen molar-refractivity contribution < 1.29 is 4.79 Å². The summed E-state index contributed by atoms with van der Waals surface area (Å²) < 4.78 is 2.16. The number of rotatable bonds is 4. The van der Waals surface area contributed by atoms with Gasteiger partial charge >= 0.3 is 0 Å². The zero-order chi connectivity index (χ0) is 14.1. The van der Waals surface area contributed by atoms with Crippen LogP contribution in [0.4, 0.5) is 0 Å². The highest BCUT2D eigenvalue weighted by Crippen LogP contribution is 2.40. The van der Waals surface area contributed by atoms with Gasteiger partial charge in [-0.2, -0.15) is 5.26 Å². The number of carbonyl (C=O) groups is 1. The van der Waals surface area contributed by atoms with Gasteiger partial charge < -0.3 is 9.88 Å². The molecule has 1 heterocycles. The Kier molecular flexibility index (Phi) is 3.15. The number of amides is 1. The fourth-order valence-electron chi connectivity index (χ4n) is 2.42. The van der Waals surface area contributed by atoms with Gasteiger partial charge in [0, 0.05) is 19.5 Å². The van der Waals surface area contributed by atoms with Crippen LogP contribution >= 0.6 is 0 Å². The van der Waals surface area contributed by atoms with E-state index in [1.54, 1.807) is 0 Å². The first-order valence-electron chi connectivity index (χ1n) is 6.78. The molecular formula is C15H16N4O. The number of hydrogen-bond acceptors (Lipinski definition) is 3. The lowest BCUT2D eigenvalue weighted by atomic mass is 10.2. The molecule has 1 aromatic heterocycles. The molecule has 0 unspecified atom stereocenters. The summed E-state index contributed by atoms with van der Waals surface area (Å²) in [7, 11) is 2.05. The van der Waals surface area contributed by atoms with Crippen LogP contribution in [0.2, 0.25) is 0 Å². The molecule has 20 heavy (non-hydrogen) atoms. The lowest BCUT2D eigenvalue weighted by Crippen LogP contribution is -2.21. The smallest absolute Gasteiger partial charge is 0.234 e. The third kappa shape index (κ3) is 2.37. The van der Waals surface area contributed by atoms with Crippen LogP contribution in [0.3, 0.4) is 0 Å². The molecule has 102 valence electrons. The van der Waals surface area contributed by atoms with Crippen LogP contribution in [0.15, 0.2) is 18.2 Å². The van der Waals surface area contributed by atoms with Crippen LogP contribution in [-0.4, -0.2) is 15.5 Å². The zero-order valence-electron chi connectivity index (χ0n) is 11.4. The Balaban J connectivity index is 1.80. The summed E-state index contributed by atoms with van der Waals surface area (Å²) in [5, 5.41) is 11.2. The molecule has 0 atom stereocenters. The minimum absolute atomic E-state index is 0.0995. The van der Waals surface area contributed by atoms with Gasteiger partial charge in [-0.3, -0.25) is 4.79 Å². The van der Waals surface area contributed by atoms with Crippen molar-refractivity contribution in [2.75, 3.05) is 0 Å². The van der Waals surface area contributed by atoms with Gasteiger partial charge in [0.05, 0.1) is 17.1 Å². The molecule has 0 bridgehead atoms. The lowest BCUT2D eigenvalue weighted by Gasteiger charge is -2.03. The highest BCUT2D eigenvalue weighted by molar-refractivity contribution is 5.79. The van der Waals surface area contributed by atoms with E-state index in [2.05, 4.69) is 16.9 Å². The Hall–Kier alpha value is -2.35. The predicted molar refractivity (Wildman–Crippen MR) is 74.8 cm³/mol. The van der Waals surface area contributed by atoms with Crippen molar-refractivity contribution in [1.29, 1.82) is 5.26 Å². The topological polar surface area (TPSA) is 70.7 Å². The maximum absolute atomic E-state index is 11.3. The van der Waals surface area contributed by atoms with Crippen molar-refractivity contribution in [3.63, 3.8) is 0 Å². The maximum atomic E-state index is 11.3. The summed E-state index contributed by atoms with van der Waals surface area (Å²) in [6.07, 6.45) is 2.36. The lowest BCUT2D eigenvalue weighted by molar-refractivity contribution is -0.120. The normalized spacial score (nSPS) is 14.2. The van der Waals surface area contributed by atoms with Gasteiger partial charge in [-0.25, -0.2) is 4.98 Å². The van der Waals surface area contributed by atoms with Crippen LogP contribution in [-0.2, 0) is 18.4 Å². The highest BCUT2D eigenvalue weighted by Gasteiger charge is 2.28. The molecule has 5 nitrogen and oxygen atoms in total. The van der Waals surface area contributed by atoms with Gasteiger partial charge in [0.2, 0.25) is 5.91 Å². The molecule has 1 aliphatic carbocycles. The fraction of sp³-hybridized carbons (Fsp3) is 0.400. The molecule has 1 aliphatic rings. The minimum Gasteiger partial charge on any atom is -0.351 e. The number of carbonyl (C=O) groups excluding carboxylic acids is 1. The van der Waals surface area contributed by atoms with Crippen LogP contribution < -0.4 is 5.32 Å². The highest BCUT2D eigenvalue weighted by atomic mass is 16.1. The molecule has 2 aromatic rings. The van der Waals surface area contributed by atoms with Gasteiger partial charge in [-0.05, 0) is 30.5 Å². The first-order chi connectivity index (χ1) is 9.69. The van der Waals surface area contributed by atoms with Crippen LogP contribution in [0.25, 0.3) is 11.0 Å². The number of nitrogens with one attached hydrogen (secondary N) is 1. The summed E-state index contributed by atoms with van der Waals surface area (Å²) >= 11 is 0. The van der Waals surface area contributed by atoms with Crippen molar-refractivity contribution in [3.05, 3.63) is 29.6 Å². The van der Waals surface area contributed by atoms with Crippen molar-refractivity contribution in [3.8, 4) is 6.07 Å². The van der Waals surface area contributed by atoms with E-state index >= 15 is 0 Å². The monoisotopic (exact) mass is 268 g/mol. The van der Waals surface area contributed by atoms with Crippen LogP contribution in [0.1, 0.15) is 36.6 Å². The second-order valence-corrected chi connectivity index (χ2v) is 5.24. The van der Waals surface area contributed by atoms with Crippen LogP contribution in [0.5, 0.6) is 0 Å². The second-order valence-electron chi connectivity index (χ2n) is 5.24. The van der Waals surface area contributed by atoms with E-state index in [4.69, 9.17) is 10.2 Å². The van der Waals surface area contributed by atoms with Gasteiger partial charge in [0.1, 0.15) is 12.2 Å². The number of imidazole rings is 1. The largest absolute Gasteiger partial charge is 0.351 e. The van der Waals surface area contributed by atoms with Gasteiger partial charge in [-0.15, -0.1) is 0 Å². The zero-order valence-corrected chi connectivity index (χ0v) is 11.4. The van der Waals surface area contributed by atoms with Gasteiger partial charge in [-0.1, -0.05) is 6.07 Å². The number of fused-ring (bicyclic) bond motifs is 1. The van der Waals surface area contributed by atoms with Gasteiger partial charge in [0.15, 0.2) is 0 Å². The van der Waals surface area contributed by atoms with E-state index in [1.807, 2.05) is 24.3 Å². The number of hydrogen-bond donors (Lipinski definition) is 1. The maximum Gasteiger partial charge on any atom is 0.234 e. The summed E-state index contributed by atoms with van der Waals surface area (Å²) in [5.74, 6) is 1.53. The molecule has 0 saturated heterocycles. The van der Waals surface area contributed by atoms with Crippen molar-refractivity contribution in [1.82, 2.24) is 14.9 Å². The molecule has 1 aromatic carbocycles. The van der Waals surface area contributed by atoms with E-state index in [-0.39, 0.29) is 12.3 Å². The number of aryl methyl sites for hydroxylation is 1. The standard InChI is InChI=1S/C15H16N4O/c1-19-13-5-2-10(9-17-14(20)6-7-16)8-12(13)18-15(19)11-3-4-11/h2,5,8,11H,3-4,6,9H2,1H3,(H,17,20). The molecule has 3 rings (SSSR count). The van der Waals surface area contributed by atoms with E-state index in [9.17, 15) is 4.79 Å². The molecule has 0 aliphatic heterocycles. The molecular weight excluding hydrogens is 252 g/mol. The van der Waals surface area contributed by atoms with Crippen molar-refractivity contribution in [2.24, 2.45) is 7.05 Å². The van der Waals surface area contributed by atoms with E-state index in [1.165, 1.54) is 12.8 Å². The molecule has 1 N–H and O–H groups in total. The summed E-state index contributed by atoms with van der Waals surface area (Å²) in [6.45, 7) is 0.436. The molecule has 1 fully saturated rings. The third-order valence-corrected chi connectivity index (χ3v) is 3.65. The summed E-state index contributed by atoms with van der Waals surface area (Å²) in [6, 6.07) is 7.88. The Bertz CT molecular complexity index is 706. The molecule has 0 spiro atoms. The molecule has 1 amide bonds. The Morgan fingerprint density at radius 3 is 3.05 bits per heavy atom. The predicted octanol–water partition coefficient (Wildman–Crippen LogP) is 1.98. The minimum atomic E-state index is -0.243. The molecule has 5 heteroatoms. The first-order valence-corrected chi connectivity index (χ1v) is 6.78. The quantitative estimate of drug-likeness (QED) is 0.921. The second kappa shape index (κ2) is 4.97. The number of benzene rings is 1. The molecule has 0 radical (unpaired) electrons. The Morgan fingerprint density at radius 1 is 1.55 bits per heavy atom. The van der Waals surface area contributed by atoms with Crippen molar-refractivity contribution in [2.45, 2.75) is 31.7 Å². The fourth-order valence-corrected chi connectivity index (χ4v) is 2.42. The van der Waals surface area contributed by atoms with Gasteiger partial charge in [0.25, 0.3) is 0 Å². The van der Waals surface area contributed by atoms with E-state index in [0.717, 1.165) is 22.4 Å². The number of aromatic nitrogens is 2.